The molecule has 1 aliphatic rings. The fourth-order valence-electron chi connectivity index (χ4n) is 3.43. The topological polar surface area (TPSA) is 57.6 Å². The van der Waals surface area contributed by atoms with E-state index in [9.17, 15) is 13.5 Å². The zero-order valence-corrected chi connectivity index (χ0v) is 14.3. The van der Waals surface area contributed by atoms with Crippen LogP contribution in [0.5, 0.6) is 0 Å². The van der Waals surface area contributed by atoms with E-state index >= 15 is 0 Å². The van der Waals surface area contributed by atoms with Crippen LogP contribution >= 0.6 is 0 Å². The first-order valence-electron chi connectivity index (χ1n) is 7.67. The van der Waals surface area contributed by atoms with Crippen LogP contribution in [0.2, 0.25) is 0 Å². The van der Waals surface area contributed by atoms with Crippen LogP contribution in [0.25, 0.3) is 0 Å². The third kappa shape index (κ3) is 2.31. The average Bonchev–Trinajstić information content (AvgIpc) is 2.55. The van der Waals surface area contributed by atoms with Gasteiger partial charge in [0.15, 0.2) is 0 Å². The van der Waals surface area contributed by atoms with E-state index in [1.54, 1.807) is 38.1 Å². The van der Waals surface area contributed by atoms with Gasteiger partial charge in [0, 0.05) is 0 Å². The van der Waals surface area contributed by atoms with Gasteiger partial charge in [-0.3, -0.25) is 0 Å². The van der Waals surface area contributed by atoms with Gasteiger partial charge in [0.2, 0.25) is 10.0 Å². The Bertz CT molecular complexity index is 790. The van der Waals surface area contributed by atoms with Crippen molar-refractivity contribution in [3.05, 3.63) is 65.7 Å². The Morgan fingerprint density at radius 2 is 1.48 bits per heavy atom. The molecule has 1 aliphatic heterocycles. The third-order valence-corrected chi connectivity index (χ3v) is 6.93. The fourth-order valence-corrected chi connectivity index (χ4v) is 5.30. The molecule has 0 bridgehead atoms. The second-order valence-electron chi connectivity index (χ2n) is 6.19. The van der Waals surface area contributed by atoms with Crippen LogP contribution in [0.3, 0.4) is 0 Å². The van der Waals surface area contributed by atoms with Crippen molar-refractivity contribution in [2.24, 2.45) is 0 Å². The molecule has 0 aromatic heterocycles. The number of hydrogen-bond acceptors (Lipinski definition) is 3. The third-order valence-electron chi connectivity index (χ3n) is 4.87. The maximum atomic E-state index is 12.9. The van der Waals surface area contributed by atoms with E-state index in [0.29, 0.717) is 0 Å². The molecule has 1 N–H and O–H groups in total. The van der Waals surface area contributed by atoms with Gasteiger partial charge in [0.25, 0.3) is 0 Å². The lowest BCUT2D eigenvalue weighted by atomic mass is 9.74. The maximum Gasteiger partial charge on any atom is 0.243 e. The molecule has 122 valence electrons. The minimum Gasteiger partial charge on any atom is -0.382 e. The van der Waals surface area contributed by atoms with Gasteiger partial charge in [-0.25, -0.2) is 8.42 Å². The first-order valence-corrected chi connectivity index (χ1v) is 9.11. The Labute approximate surface area is 137 Å². The predicted molar refractivity (Wildman–Crippen MR) is 89.5 cm³/mol. The second kappa shape index (κ2) is 5.44. The van der Waals surface area contributed by atoms with Crippen molar-refractivity contribution in [2.75, 3.05) is 0 Å². The summed E-state index contributed by atoms with van der Waals surface area (Å²) < 4.78 is 27.2. The molecular formula is C18H21NO3S. The van der Waals surface area contributed by atoms with Crippen LogP contribution in [0.4, 0.5) is 0 Å². The zero-order chi connectivity index (χ0) is 16.8. The Kier molecular flexibility index (Phi) is 3.83. The van der Waals surface area contributed by atoms with Gasteiger partial charge in [0.05, 0.1) is 17.0 Å². The van der Waals surface area contributed by atoms with Crippen LogP contribution in [-0.2, 0) is 15.6 Å². The Morgan fingerprint density at radius 1 is 0.957 bits per heavy atom. The smallest absolute Gasteiger partial charge is 0.243 e. The van der Waals surface area contributed by atoms with Crippen molar-refractivity contribution in [1.82, 2.24) is 4.31 Å². The second-order valence-corrected chi connectivity index (χ2v) is 8.03. The van der Waals surface area contributed by atoms with Crippen LogP contribution in [-0.4, -0.2) is 29.9 Å². The summed E-state index contributed by atoms with van der Waals surface area (Å²) >= 11 is 0. The molecule has 0 aliphatic carbocycles. The monoisotopic (exact) mass is 331 g/mol. The van der Waals surface area contributed by atoms with Crippen molar-refractivity contribution in [3.8, 4) is 0 Å². The van der Waals surface area contributed by atoms with Gasteiger partial charge in [0.1, 0.15) is 5.60 Å². The Hall–Kier alpha value is -1.69. The molecule has 0 radical (unpaired) electrons. The number of sulfonamides is 1. The summed E-state index contributed by atoms with van der Waals surface area (Å²) in [6.45, 7) is 5.41. The summed E-state index contributed by atoms with van der Waals surface area (Å²) in [5.41, 5.74) is 0.587. The highest BCUT2D eigenvalue weighted by molar-refractivity contribution is 7.89. The first kappa shape index (κ1) is 16.2. The number of rotatable bonds is 3. The van der Waals surface area contributed by atoms with E-state index in [1.807, 2.05) is 37.3 Å². The van der Waals surface area contributed by atoms with E-state index in [4.69, 9.17) is 0 Å². The molecule has 3 rings (SSSR count). The minimum absolute atomic E-state index is 0.261. The molecule has 0 saturated carbocycles. The number of benzene rings is 2. The molecule has 23 heavy (non-hydrogen) atoms. The molecule has 0 amide bonds. The van der Waals surface area contributed by atoms with E-state index in [2.05, 4.69) is 0 Å². The van der Waals surface area contributed by atoms with Crippen molar-refractivity contribution in [1.29, 1.82) is 0 Å². The summed E-state index contributed by atoms with van der Waals surface area (Å²) in [7, 11) is -3.62. The largest absolute Gasteiger partial charge is 0.382 e. The summed E-state index contributed by atoms with van der Waals surface area (Å²) in [4.78, 5) is 0.261. The fraction of sp³-hybridized carbons (Fsp3) is 0.333. The lowest BCUT2D eigenvalue weighted by molar-refractivity contribution is -0.156. The van der Waals surface area contributed by atoms with Crippen molar-refractivity contribution >= 4 is 10.0 Å². The van der Waals surface area contributed by atoms with Crippen LogP contribution in [0.15, 0.2) is 59.5 Å². The first-order chi connectivity index (χ1) is 10.8. The zero-order valence-electron chi connectivity index (χ0n) is 13.5. The molecule has 2 aromatic carbocycles. The molecule has 1 heterocycles. The molecule has 4 nitrogen and oxygen atoms in total. The van der Waals surface area contributed by atoms with E-state index in [0.717, 1.165) is 11.1 Å². The van der Waals surface area contributed by atoms with Crippen LogP contribution in [0.1, 0.15) is 25.0 Å². The van der Waals surface area contributed by atoms with Crippen LogP contribution in [0, 0.1) is 6.92 Å². The molecule has 1 saturated heterocycles. The molecule has 1 fully saturated rings. The van der Waals surface area contributed by atoms with Gasteiger partial charge >= 0.3 is 0 Å². The number of aryl methyl sites for hydroxylation is 1. The molecular weight excluding hydrogens is 310 g/mol. The summed E-state index contributed by atoms with van der Waals surface area (Å²) in [5, 5.41) is 11.0. The van der Waals surface area contributed by atoms with Gasteiger partial charge in [-0.1, -0.05) is 48.0 Å². The van der Waals surface area contributed by atoms with Gasteiger partial charge in [-0.05, 0) is 38.5 Å². The van der Waals surface area contributed by atoms with Gasteiger partial charge in [-0.2, -0.15) is 4.31 Å². The van der Waals surface area contributed by atoms with Crippen LogP contribution < -0.4 is 0 Å². The van der Waals surface area contributed by atoms with E-state index < -0.39 is 27.7 Å². The summed E-state index contributed by atoms with van der Waals surface area (Å²) in [6.07, 6.45) is 0. The standard InChI is InChI=1S/C18H21NO3S/c1-13-9-11-17(12-10-13)23(21,22)19-14(2)18(20,15(19)3)16-7-5-4-6-8-16/h4-12,14-15,20H,1-3H3. The van der Waals surface area contributed by atoms with Crippen molar-refractivity contribution < 1.29 is 13.5 Å². The number of hydrogen-bond donors (Lipinski definition) is 1. The normalized spacial score (nSPS) is 28.3. The number of aliphatic hydroxyl groups is 1. The Morgan fingerprint density at radius 3 is 2.00 bits per heavy atom. The summed E-state index contributed by atoms with van der Waals surface area (Å²) in [6, 6.07) is 15.0. The highest BCUT2D eigenvalue weighted by Crippen LogP contribution is 2.47. The van der Waals surface area contributed by atoms with E-state index in [1.165, 1.54) is 4.31 Å². The summed E-state index contributed by atoms with van der Waals surface area (Å²) in [5.74, 6) is 0. The average molecular weight is 331 g/mol. The lowest BCUT2D eigenvalue weighted by Crippen LogP contribution is -2.73. The van der Waals surface area contributed by atoms with Crippen molar-refractivity contribution in [2.45, 2.75) is 43.4 Å². The quantitative estimate of drug-likeness (QED) is 0.941. The van der Waals surface area contributed by atoms with Gasteiger partial charge < -0.3 is 5.11 Å². The van der Waals surface area contributed by atoms with Gasteiger partial charge in [-0.15, -0.1) is 0 Å². The number of nitrogens with zero attached hydrogens (tertiary/aromatic N) is 1. The van der Waals surface area contributed by atoms with Crippen molar-refractivity contribution in [3.63, 3.8) is 0 Å². The molecule has 2 aromatic rings. The molecule has 2 unspecified atom stereocenters. The molecule has 5 heteroatoms. The maximum absolute atomic E-state index is 12.9. The van der Waals surface area contributed by atoms with E-state index in [-0.39, 0.29) is 4.90 Å². The highest BCUT2D eigenvalue weighted by atomic mass is 32.2. The molecule has 0 spiro atoms. The predicted octanol–water partition coefficient (Wildman–Crippen LogP) is 2.66. The lowest BCUT2D eigenvalue weighted by Gasteiger charge is -2.57. The minimum atomic E-state index is -3.62. The highest BCUT2D eigenvalue weighted by Gasteiger charge is 2.61. The SMILES string of the molecule is Cc1ccc(S(=O)(=O)N2C(C)C(O)(c3ccccc3)C2C)cc1. The Balaban J connectivity index is 1.96. The molecule has 2 atom stereocenters.